The molecule has 0 spiro atoms. The van der Waals surface area contributed by atoms with Crippen LogP contribution < -0.4 is 9.62 Å². The fourth-order valence-electron chi connectivity index (χ4n) is 4.57. The highest BCUT2D eigenvalue weighted by Crippen LogP contribution is 2.29. The van der Waals surface area contributed by atoms with Crippen LogP contribution in [0.1, 0.15) is 50.8 Å². The largest absolute Gasteiger partial charge is 0.350 e. The maximum atomic E-state index is 14.2. The number of nitrogens with one attached hydrogen (secondary N) is 1. The van der Waals surface area contributed by atoms with Gasteiger partial charge in [-0.25, -0.2) is 8.42 Å². The molecule has 220 valence electrons. The molecule has 2 amide bonds. The number of benzene rings is 3. The summed E-state index contributed by atoms with van der Waals surface area (Å²) in [6, 6.07) is 17.4. The molecule has 0 bridgehead atoms. The lowest BCUT2D eigenvalue weighted by Crippen LogP contribution is -2.55. The van der Waals surface area contributed by atoms with Crippen molar-refractivity contribution in [1.29, 1.82) is 0 Å². The fourth-order valence-corrected chi connectivity index (χ4v) is 6.51. The molecule has 0 saturated carbocycles. The van der Waals surface area contributed by atoms with Crippen molar-refractivity contribution in [2.24, 2.45) is 0 Å². The van der Waals surface area contributed by atoms with E-state index in [1.165, 1.54) is 17.0 Å². The molecule has 0 aromatic heterocycles. The Bertz CT molecular complexity index is 1460. The average Bonchev–Trinajstić information content (AvgIpc) is 2.87. The van der Waals surface area contributed by atoms with Crippen LogP contribution in [0.4, 0.5) is 5.69 Å². The minimum absolute atomic E-state index is 0.0465. The second kappa shape index (κ2) is 13.3. The van der Waals surface area contributed by atoms with Crippen LogP contribution in [0.15, 0.2) is 71.6 Å². The highest BCUT2D eigenvalue weighted by Gasteiger charge is 2.35. The van der Waals surface area contributed by atoms with Gasteiger partial charge in [0.05, 0.1) is 10.6 Å². The van der Waals surface area contributed by atoms with Crippen molar-refractivity contribution in [3.05, 3.63) is 93.5 Å². The summed E-state index contributed by atoms with van der Waals surface area (Å²) in [5.41, 5.74) is 1.95. The lowest BCUT2D eigenvalue weighted by Gasteiger charge is -2.35. The molecule has 10 heteroatoms. The number of anilines is 1. The monoisotopic (exact) mass is 617 g/mol. The first-order valence-corrected chi connectivity index (χ1v) is 15.5. The first kappa shape index (κ1) is 32.4. The fraction of sp³-hybridized carbons (Fsp3) is 0.355. The lowest BCUT2D eigenvalue weighted by molar-refractivity contribution is -0.141. The zero-order chi connectivity index (χ0) is 30.5. The Morgan fingerprint density at radius 3 is 1.98 bits per heavy atom. The Balaban J connectivity index is 2.14. The normalized spacial score (nSPS) is 12.5. The minimum atomic E-state index is -4.15. The van der Waals surface area contributed by atoms with Gasteiger partial charge >= 0.3 is 0 Å². The molecule has 0 fully saturated rings. The molecule has 1 atom stereocenters. The summed E-state index contributed by atoms with van der Waals surface area (Å²) in [4.78, 5) is 29.1. The molecule has 3 rings (SSSR count). The van der Waals surface area contributed by atoms with Gasteiger partial charge < -0.3 is 10.2 Å². The van der Waals surface area contributed by atoms with E-state index in [0.717, 1.165) is 15.4 Å². The highest BCUT2D eigenvalue weighted by molar-refractivity contribution is 7.92. The summed E-state index contributed by atoms with van der Waals surface area (Å²) in [7, 11) is -4.15. The third kappa shape index (κ3) is 8.24. The Kier molecular flexibility index (Phi) is 10.5. The van der Waals surface area contributed by atoms with Gasteiger partial charge in [-0.15, -0.1) is 0 Å². The van der Waals surface area contributed by atoms with Crippen molar-refractivity contribution in [3.63, 3.8) is 0 Å². The molecule has 3 aromatic carbocycles. The number of halogens is 2. The predicted octanol–water partition coefficient (Wildman–Crippen LogP) is 6.53. The topological polar surface area (TPSA) is 86.8 Å². The van der Waals surface area contributed by atoms with E-state index in [4.69, 9.17) is 23.2 Å². The number of nitrogens with zero attached hydrogens (tertiary/aromatic N) is 2. The quantitative estimate of drug-likeness (QED) is 0.280. The lowest BCUT2D eigenvalue weighted by atomic mass is 10.1. The van der Waals surface area contributed by atoms with Crippen LogP contribution in [-0.2, 0) is 26.2 Å². The molecule has 3 aromatic rings. The molecule has 1 N–H and O–H groups in total. The number of rotatable bonds is 10. The van der Waals surface area contributed by atoms with Crippen LogP contribution in [0.25, 0.3) is 0 Å². The van der Waals surface area contributed by atoms with Crippen molar-refractivity contribution in [3.8, 4) is 0 Å². The second-order valence-electron chi connectivity index (χ2n) is 11.1. The number of aryl methyl sites for hydroxylation is 2. The van der Waals surface area contributed by atoms with Crippen molar-refractivity contribution in [2.45, 2.75) is 71.0 Å². The van der Waals surface area contributed by atoms with Gasteiger partial charge in [0, 0.05) is 27.7 Å². The van der Waals surface area contributed by atoms with Crippen molar-refractivity contribution >= 4 is 50.7 Å². The molecule has 1 unspecified atom stereocenters. The van der Waals surface area contributed by atoms with Crippen LogP contribution in [0.3, 0.4) is 0 Å². The standard InChI is InChI=1S/C31H37Cl2N3O4S/c1-7-28(30(38)34-31(4,5)6)35(19-25-26(32)14-11-15-27(25)33)29(37)20-36(23-17-21(2)16-22(3)18-23)41(39,40)24-12-9-8-10-13-24/h8-18,28H,7,19-20H2,1-6H3,(H,34,38). The van der Waals surface area contributed by atoms with Crippen LogP contribution in [0, 0.1) is 13.8 Å². The van der Waals surface area contributed by atoms with Gasteiger partial charge in [-0.1, -0.05) is 60.5 Å². The van der Waals surface area contributed by atoms with E-state index in [-0.39, 0.29) is 23.8 Å². The van der Waals surface area contributed by atoms with Gasteiger partial charge in [0.2, 0.25) is 11.8 Å². The number of carbonyl (C=O) groups excluding carboxylic acids is 2. The maximum absolute atomic E-state index is 14.2. The number of hydrogen-bond acceptors (Lipinski definition) is 4. The Morgan fingerprint density at radius 2 is 1.46 bits per heavy atom. The molecular formula is C31H37Cl2N3O4S. The van der Waals surface area contributed by atoms with Crippen LogP contribution in [0.2, 0.25) is 10.0 Å². The second-order valence-corrected chi connectivity index (χ2v) is 13.7. The first-order valence-electron chi connectivity index (χ1n) is 13.3. The third-order valence-corrected chi connectivity index (χ3v) is 8.88. The molecule has 0 aliphatic carbocycles. The summed E-state index contributed by atoms with van der Waals surface area (Å²) in [5.74, 6) is -0.934. The molecule has 7 nitrogen and oxygen atoms in total. The van der Waals surface area contributed by atoms with Crippen molar-refractivity contribution in [1.82, 2.24) is 10.2 Å². The van der Waals surface area contributed by atoms with Crippen LogP contribution in [0.5, 0.6) is 0 Å². The van der Waals surface area contributed by atoms with E-state index < -0.39 is 34.1 Å². The average molecular weight is 619 g/mol. The zero-order valence-corrected chi connectivity index (χ0v) is 26.6. The summed E-state index contributed by atoms with van der Waals surface area (Å²) in [5, 5.41) is 3.62. The van der Waals surface area contributed by atoms with Gasteiger partial charge in [-0.3, -0.25) is 13.9 Å². The highest BCUT2D eigenvalue weighted by atomic mass is 35.5. The van der Waals surface area contributed by atoms with Crippen LogP contribution >= 0.6 is 23.2 Å². The van der Waals surface area contributed by atoms with Gasteiger partial charge in [-0.2, -0.15) is 0 Å². The molecule has 0 aliphatic heterocycles. The summed E-state index contributed by atoms with van der Waals surface area (Å²) < 4.78 is 29.0. The number of hydrogen-bond donors (Lipinski definition) is 1. The molecular weight excluding hydrogens is 581 g/mol. The maximum Gasteiger partial charge on any atom is 0.264 e. The smallest absolute Gasteiger partial charge is 0.264 e. The Labute approximate surface area is 253 Å². The van der Waals surface area contributed by atoms with Gasteiger partial charge in [0.25, 0.3) is 10.0 Å². The Morgan fingerprint density at radius 1 is 0.902 bits per heavy atom. The molecule has 0 heterocycles. The summed E-state index contributed by atoms with van der Waals surface area (Å²) in [6.07, 6.45) is 0.282. The number of amides is 2. The van der Waals surface area contributed by atoms with E-state index in [2.05, 4.69) is 5.32 Å². The van der Waals surface area contributed by atoms with Gasteiger partial charge in [0.1, 0.15) is 12.6 Å². The van der Waals surface area contributed by atoms with Crippen LogP contribution in [-0.4, -0.2) is 43.3 Å². The van der Waals surface area contributed by atoms with E-state index in [0.29, 0.717) is 21.3 Å². The van der Waals surface area contributed by atoms with E-state index in [1.807, 2.05) is 40.7 Å². The molecule has 0 saturated heterocycles. The van der Waals surface area contributed by atoms with Crippen molar-refractivity contribution in [2.75, 3.05) is 10.8 Å². The van der Waals surface area contributed by atoms with Gasteiger partial charge in [0.15, 0.2) is 0 Å². The number of sulfonamides is 1. The first-order chi connectivity index (χ1) is 19.1. The third-order valence-electron chi connectivity index (χ3n) is 6.38. The van der Waals surface area contributed by atoms with Gasteiger partial charge in [-0.05, 0) is 88.6 Å². The minimum Gasteiger partial charge on any atom is -0.350 e. The van der Waals surface area contributed by atoms with E-state index in [1.54, 1.807) is 55.5 Å². The van der Waals surface area contributed by atoms with E-state index in [9.17, 15) is 18.0 Å². The van der Waals surface area contributed by atoms with E-state index >= 15 is 0 Å². The summed E-state index contributed by atoms with van der Waals surface area (Å²) >= 11 is 12.9. The Hall–Kier alpha value is -3.07. The summed E-state index contributed by atoms with van der Waals surface area (Å²) in [6.45, 7) is 10.4. The zero-order valence-electron chi connectivity index (χ0n) is 24.2. The molecule has 0 aliphatic rings. The molecule has 0 radical (unpaired) electrons. The molecule has 41 heavy (non-hydrogen) atoms. The predicted molar refractivity (Wildman–Crippen MR) is 166 cm³/mol. The SMILES string of the molecule is CCC(C(=O)NC(C)(C)C)N(Cc1c(Cl)cccc1Cl)C(=O)CN(c1cc(C)cc(C)c1)S(=O)(=O)c1ccccc1. The number of carbonyl (C=O) groups is 2. The van der Waals surface area contributed by atoms with Crippen molar-refractivity contribution < 1.29 is 18.0 Å².